The normalized spacial score (nSPS) is 12.0. The molecule has 0 bridgehead atoms. The van der Waals surface area contributed by atoms with E-state index in [1.807, 2.05) is 13.0 Å². The van der Waals surface area contributed by atoms with Crippen LogP contribution in [0.15, 0.2) is 45.8 Å². The standard InChI is InChI=1S/C13H13BrClNO2S2/c1-2-16(9-11-6-7-13(15)19-11)20(17,18)12-5-3-4-10(14)8-12/h3-8H,2,9H2,1H3. The van der Waals surface area contributed by atoms with Gasteiger partial charge in [0, 0.05) is 22.4 Å². The lowest BCUT2D eigenvalue weighted by atomic mass is 10.4. The van der Waals surface area contributed by atoms with Crippen molar-refractivity contribution in [3.63, 3.8) is 0 Å². The van der Waals surface area contributed by atoms with E-state index in [1.165, 1.54) is 15.6 Å². The van der Waals surface area contributed by atoms with Crippen LogP contribution in [0.4, 0.5) is 0 Å². The zero-order valence-electron chi connectivity index (χ0n) is 10.7. The molecule has 1 aromatic heterocycles. The number of hydrogen-bond donors (Lipinski definition) is 0. The van der Waals surface area contributed by atoms with E-state index < -0.39 is 10.0 Å². The second kappa shape index (κ2) is 6.58. The summed E-state index contributed by atoms with van der Waals surface area (Å²) in [6, 6.07) is 10.4. The summed E-state index contributed by atoms with van der Waals surface area (Å²) in [7, 11) is -3.50. The van der Waals surface area contributed by atoms with E-state index in [-0.39, 0.29) is 4.90 Å². The number of hydrogen-bond acceptors (Lipinski definition) is 3. The number of thiophene rings is 1. The Balaban J connectivity index is 2.30. The second-order valence-corrected chi connectivity index (χ2v) is 8.75. The summed E-state index contributed by atoms with van der Waals surface area (Å²) in [4.78, 5) is 1.21. The fourth-order valence-electron chi connectivity index (χ4n) is 1.75. The highest BCUT2D eigenvalue weighted by molar-refractivity contribution is 9.10. The summed E-state index contributed by atoms with van der Waals surface area (Å²) in [5, 5.41) is 0. The summed E-state index contributed by atoms with van der Waals surface area (Å²) in [5.41, 5.74) is 0. The Morgan fingerprint density at radius 1 is 1.30 bits per heavy atom. The van der Waals surface area contributed by atoms with Crippen molar-refractivity contribution in [2.24, 2.45) is 0 Å². The smallest absolute Gasteiger partial charge is 0.207 e. The van der Waals surface area contributed by atoms with Gasteiger partial charge in [-0.2, -0.15) is 4.31 Å². The topological polar surface area (TPSA) is 37.4 Å². The van der Waals surface area contributed by atoms with E-state index >= 15 is 0 Å². The van der Waals surface area contributed by atoms with Gasteiger partial charge in [0.15, 0.2) is 0 Å². The first-order chi connectivity index (χ1) is 9.43. The van der Waals surface area contributed by atoms with Gasteiger partial charge in [-0.05, 0) is 30.3 Å². The summed E-state index contributed by atoms with van der Waals surface area (Å²) >= 11 is 10.6. The number of sulfonamides is 1. The Bertz CT molecular complexity index is 700. The zero-order chi connectivity index (χ0) is 14.8. The van der Waals surface area contributed by atoms with Crippen molar-refractivity contribution in [3.8, 4) is 0 Å². The molecule has 2 aromatic rings. The lowest BCUT2D eigenvalue weighted by Gasteiger charge is -2.19. The van der Waals surface area contributed by atoms with Gasteiger partial charge in [0.25, 0.3) is 0 Å². The predicted molar refractivity (Wildman–Crippen MR) is 86.7 cm³/mol. The Labute approximate surface area is 136 Å². The number of benzene rings is 1. The molecule has 2 rings (SSSR count). The molecule has 7 heteroatoms. The molecule has 3 nitrogen and oxygen atoms in total. The first kappa shape index (κ1) is 16.0. The van der Waals surface area contributed by atoms with Gasteiger partial charge in [0.1, 0.15) is 0 Å². The van der Waals surface area contributed by atoms with E-state index in [0.29, 0.717) is 17.4 Å². The maximum atomic E-state index is 12.6. The first-order valence-electron chi connectivity index (χ1n) is 5.93. The zero-order valence-corrected chi connectivity index (χ0v) is 14.7. The van der Waals surface area contributed by atoms with Crippen molar-refractivity contribution in [1.29, 1.82) is 0 Å². The molecule has 0 saturated heterocycles. The van der Waals surface area contributed by atoms with E-state index in [2.05, 4.69) is 15.9 Å². The van der Waals surface area contributed by atoms with Crippen molar-refractivity contribution in [1.82, 2.24) is 4.31 Å². The third-order valence-corrected chi connectivity index (χ3v) is 6.37. The number of nitrogens with zero attached hydrogens (tertiary/aromatic N) is 1. The van der Waals surface area contributed by atoms with Crippen molar-refractivity contribution < 1.29 is 8.42 Å². The van der Waals surface area contributed by atoms with Gasteiger partial charge in [-0.15, -0.1) is 11.3 Å². The van der Waals surface area contributed by atoms with Gasteiger partial charge in [0.05, 0.1) is 9.23 Å². The summed E-state index contributed by atoms with van der Waals surface area (Å²) in [6.45, 7) is 2.57. The fourth-order valence-corrected chi connectivity index (χ4v) is 4.96. The molecule has 0 spiro atoms. The van der Waals surface area contributed by atoms with Crippen LogP contribution in [-0.4, -0.2) is 19.3 Å². The Hall–Kier alpha value is -0.400. The minimum absolute atomic E-state index is 0.288. The molecule has 0 aliphatic rings. The molecule has 0 aliphatic heterocycles. The third-order valence-electron chi connectivity index (χ3n) is 2.75. The van der Waals surface area contributed by atoms with Crippen LogP contribution >= 0.6 is 38.9 Å². The van der Waals surface area contributed by atoms with Crippen LogP contribution in [0.25, 0.3) is 0 Å². The van der Waals surface area contributed by atoms with Crippen molar-refractivity contribution >= 4 is 48.9 Å². The number of halogens is 2. The maximum Gasteiger partial charge on any atom is 0.243 e. The molecule has 0 unspecified atom stereocenters. The van der Waals surface area contributed by atoms with Gasteiger partial charge >= 0.3 is 0 Å². The second-order valence-electron chi connectivity index (χ2n) is 4.09. The van der Waals surface area contributed by atoms with Crippen LogP contribution in [0.5, 0.6) is 0 Å². The van der Waals surface area contributed by atoms with Gasteiger partial charge in [-0.25, -0.2) is 8.42 Å². The highest BCUT2D eigenvalue weighted by Crippen LogP contribution is 2.26. The summed E-state index contributed by atoms with van der Waals surface area (Å²) in [6.07, 6.45) is 0. The van der Waals surface area contributed by atoms with Crippen LogP contribution in [0.2, 0.25) is 4.34 Å². The SMILES string of the molecule is CCN(Cc1ccc(Cl)s1)S(=O)(=O)c1cccc(Br)c1. The monoisotopic (exact) mass is 393 g/mol. The van der Waals surface area contributed by atoms with Crippen molar-refractivity contribution in [2.45, 2.75) is 18.4 Å². The molecule has 0 atom stereocenters. The summed E-state index contributed by atoms with van der Waals surface area (Å²) in [5.74, 6) is 0. The first-order valence-corrected chi connectivity index (χ1v) is 9.36. The van der Waals surface area contributed by atoms with Crippen LogP contribution in [0, 0.1) is 0 Å². The molecule has 0 aliphatic carbocycles. The van der Waals surface area contributed by atoms with E-state index in [1.54, 1.807) is 30.3 Å². The third kappa shape index (κ3) is 3.62. The highest BCUT2D eigenvalue weighted by Gasteiger charge is 2.23. The minimum Gasteiger partial charge on any atom is -0.207 e. The molecular weight excluding hydrogens is 382 g/mol. The Morgan fingerprint density at radius 2 is 2.05 bits per heavy atom. The maximum absolute atomic E-state index is 12.6. The van der Waals surface area contributed by atoms with E-state index in [9.17, 15) is 8.42 Å². The van der Waals surface area contributed by atoms with E-state index in [4.69, 9.17) is 11.6 Å². The van der Waals surface area contributed by atoms with Gasteiger partial charge in [0.2, 0.25) is 10.0 Å². The van der Waals surface area contributed by atoms with Crippen LogP contribution in [0.3, 0.4) is 0 Å². The molecular formula is C13H13BrClNO2S2. The number of rotatable bonds is 5. The van der Waals surface area contributed by atoms with E-state index in [0.717, 1.165) is 9.35 Å². The fraction of sp³-hybridized carbons (Fsp3) is 0.231. The van der Waals surface area contributed by atoms with Gasteiger partial charge in [-0.3, -0.25) is 0 Å². The highest BCUT2D eigenvalue weighted by atomic mass is 79.9. The van der Waals surface area contributed by atoms with Crippen LogP contribution in [-0.2, 0) is 16.6 Å². The molecule has 1 aromatic carbocycles. The molecule has 20 heavy (non-hydrogen) atoms. The molecule has 108 valence electrons. The average Bonchev–Trinajstić information content (AvgIpc) is 2.81. The quantitative estimate of drug-likeness (QED) is 0.755. The lowest BCUT2D eigenvalue weighted by molar-refractivity contribution is 0.426. The van der Waals surface area contributed by atoms with Crippen molar-refractivity contribution in [2.75, 3.05) is 6.54 Å². The molecule has 0 N–H and O–H groups in total. The molecule has 0 saturated carbocycles. The Morgan fingerprint density at radius 3 is 2.60 bits per heavy atom. The van der Waals surface area contributed by atoms with Crippen LogP contribution < -0.4 is 0 Å². The molecule has 0 radical (unpaired) electrons. The average molecular weight is 395 g/mol. The Kier molecular flexibility index (Phi) is 5.25. The summed E-state index contributed by atoms with van der Waals surface area (Å²) < 4.78 is 28.1. The minimum atomic E-state index is -3.50. The largest absolute Gasteiger partial charge is 0.243 e. The van der Waals surface area contributed by atoms with Crippen molar-refractivity contribution in [3.05, 3.63) is 50.1 Å². The predicted octanol–water partition coefficient (Wildman–Crippen LogP) is 4.37. The van der Waals surface area contributed by atoms with Crippen LogP contribution in [0.1, 0.15) is 11.8 Å². The lowest BCUT2D eigenvalue weighted by Crippen LogP contribution is -2.30. The molecule has 1 heterocycles. The van der Waals surface area contributed by atoms with Gasteiger partial charge in [-0.1, -0.05) is 40.5 Å². The van der Waals surface area contributed by atoms with Gasteiger partial charge < -0.3 is 0 Å². The molecule has 0 amide bonds. The molecule has 0 fully saturated rings.